The molecule has 0 spiro atoms. The average molecular weight is 470 g/mol. The highest BCUT2D eigenvalue weighted by molar-refractivity contribution is 5.93. The van der Waals surface area contributed by atoms with E-state index in [0.29, 0.717) is 23.3 Å². The first kappa shape index (κ1) is 22.9. The number of halogens is 3. The second-order valence-corrected chi connectivity index (χ2v) is 9.68. The van der Waals surface area contributed by atoms with Crippen LogP contribution in [-0.2, 0) is 6.18 Å². The van der Waals surface area contributed by atoms with Crippen LogP contribution in [0.3, 0.4) is 0 Å². The van der Waals surface area contributed by atoms with Gasteiger partial charge in [-0.05, 0) is 75.5 Å². The lowest BCUT2D eigenvalue weighted by Gasteiger charge is -2.38. The predicted octanol–water partition coefficient (Wildman–Crippen LogP) is 5.66. The molecule has 2 aliphatic heterocycles. The molecule has 1 aromatic heterocycles. The molecule has 0 saturated carbocycles. The quantitative estimate of drug-likeness (QED) is 0.534. The number of benzene rings is 2. The second-order valence-electron chi connectivity index (χ2n) is 9.68. The van der Waals surface area contributed by atoms with Crippen molar-refractivity contribution in [3.63, 3.8) is 0 Å². The van der Waals surface area contributed by atoms with Gasteiger partial charge in [-0.25, -0.2) is 0 Å². The average Bonchev–Trinajstić information content (AvgIpc) is 3.18. The van der Waals surface area contributed by atoms with Gasteiger partial charge in [-0.1, -0.05) is 18.2 Å². The number of alkyl halides is 3. The minimum absolute atomic E-state index is 0.230. The van der Waals surface area contributed by atoms with Crippen LogP contribution in [0.15, 0.2) is 42.6 Å². The minimum Gasteiger partial charge on any atom is -0.371 e. The fraction of sp³-hybridized carbons (Fsp3) is 0.462. The van der Waals surface area contributed by atoms with Crippen molar-refractivity contribution in [2.45, 2.75) is 44.9 Å². The number of aromatic nitrogens is 2. The molecule has 3 heterocycles. The summed E-state index contributed by atoms with van der Waals surface area (Å²) in [6.07, 6.45) is -0.264. The monoisotopic (exact) mass is 469 g/mol. The summed E-state index contributed by atoms with van der Waals surface area (Å²) >= 11 is 0. The van der Waals surface area contributed by atoms with Crippen molar-refractivity contribution in [2.24, 2.45) is 5.92 Å². The SMILES string of the molecule is Cc1c([C@@H](C)Nc2nncc3ccc(N4CCC5C(CCN5C)C4)cc23)cccc1C(F)(F)F. The van der Waals surface area contributed by atoms with Crippen LogP contribution in [0.25, 0.3) is 10.8 Å². The molecule has 180 valence electrons. The highest BCUT2D eigenvalue weighted by atomic mass is 19.4. The van der Waals surface area contributed by atoms with Gasteiger partial charge in [0.1, 0.15) is 0 Å². The molecule has 3 atom stereocenters. The Morgan fingerprint density at radius 3 is 2.74 bits per heavy atom. The summed E-state index contributed by atoms with van der Waals surface area (Å²) in [6.45, 7) is 6.60. The van der Waals surface area contributed by atoms with Crippen molar-refractivity contribution in [1.29, 1.82) is 0 Å². The lowest BCUT2D eigenvalue weighted by molar-refractivity contribution is -0.138. The van der Waals surface area contributed by atoms with Gasteiger partial charge in [0.05, 0.1) is 17.8 Å². The molecular formula is C26H30F3N5. The molecular weight excluding hydrogens is 439 g/mol. The van der Waals surface area contributed by atoms with E-state index in [9.17, 15) is 13.2 Å². The third-order valence-corrected chi connectivity index (χ3v) is 7.63. The molecule has 8 heteroatoms. The van der Waals surface area contributed by atoms with Crippen molar-refractivity contribution in [3.05, 3.63) is 59.3 Å². The van der Waals surface area contributed by atoms with E-state index in [-0.39, 0.29) is 11.6 Å². The molecule has 0 amide bonds. The molecule has 0 bridgehead atoms. The molecule has 1 N–H and O–H groups in total. The zero-order chi connectivity index (χ0) is 24.0. The number of rotatable bonds is 4. The van der Waals surface area contributed by atoms with Gasteiger partial charge >= 0.3 is 6.18 Å². The predicted molar refractivity (Wildman–Crippen MR) is 129 cm³/mol. The number of fused-ring (bicyclic) bond motifs is 2. The zero-order valence-electron chi connectivity index (χ0n) is 19.7. The number of nitrogens with one attached hydrogen (secondary N) is 1. The van der Waals surface area contributed by atoms with Gasteiger partial charge < -0.3 is 15.1 Å². The topological polar surface area (TPSA) is 44.3 Å². The van der Waals surface area contributed by atoms with Gasteiger partial charge in [0.25, 0.3) is 0 Å². The van der Waals surface area contributed by atoms with E-state index in [1.54, 1.807) is 12.3 Å². The summed E-state index contributed by atoms with van der Waals surface area (Å²) in [5.41, 5.74) is 1.37. The fourth-order valence-electron chi connectivity index (χ4n) is 5.73. The van der Waals surface area contributed by atoms with Gasteiger partial charge in [0, 0.05) is 35.6 Å². The number of piperidine rings is 1. The summed E-state index contributed by atoms with van der Waals surface area (Å²) < 4.78 is 40.2. The lowest BCUT2D eigenvalue weighted by Crippen LogP contribution is -2.44. The highest BCUT2D eigenvalue weighted by Gasteiger charge is 2.36. The largest absolute Gasteiger partial charge is 0.416 e. The summed E-state index contributed by atoms with van der Waals surface area (Å²) in [6, 6.07) is 10.9. The molecule has 5 rings (SSSR count). The number of likely N-dealkylation sites (tertiary alicyclic amines) is 1. The van der Waals surface area contributed by atoms with E-state index in [1.807, 2.05) is 6.92 Å². The lowest BCUT2D eigenvalue weighted by atomic mass is 9.92. The maximum atomic E-state index is 13.4. The van der Waals surface area contributed by atoms with Crippen LogP contribution >= 0.6 is 0 Å². The summed E-state index contributed by atoms with van der Waals surface area (Å²) in [7, 11) is 2.22. The van der Waals surface area contributed by atoms with E-state index < -0.39 is 11.7 Å². The maximum absolute atomic E-state index is 13.4. The number of nitrogens with zero attached hydrogens (tertiary/aromatic N) is 4. The second kappa shape index (κ2) is 8.73. The standard InChI is InChI=1S/C26H30F3N5/c1-16-21(5-4-6-23(16)26(27,28)29)17(2)31-25-22-13-20(8-7-18(22)14-30-32-25)34-12-10-24-19(15-34)9-11-33(24)3/h4-8,13-14,17,19,24H,9-12,15H2,1-3H3,(H,31,32)/t17-,19?,24?/m1/s1. The number of hydrogen-bond donors (Lipinski definition) is 1. The van der Waals surface area contributed by atoms with Gasteiger partial charge in [0.15, 0.2) is 5.82 Å². The first-order valence-electron chi connectivity index (χ1n) is 11.9. The van der Waals surface area contributed by atoms with Gasteiger partial charge in [0.2, 0.25) is 0 Å². The molecule has 2 saturated heterocycles. The Morgan fingerprint density at radius 1 is 1.12 bits per heavy atom. The first-order chi connectivity index (χ1) is 16.2. The third-order valence-electron chi connectivity index (χ3n) is 7.63. The van der Waals surface area contributed by atoms with E-state index in [0.717, 1.165) is 48.6 Å². The van der Waals surface area contributed by atoms with Crippen molar-refractivity contribution in [1.82, 2.24) is 15.1 Å². The van der Waals surface area contributed by atoms with Gasteiger partial charge in [-0.2, -0.15) is 18.3 Å². The van der Waals surface area contributed by atoms with E-state index in [1.165, 1.54) is 19.4 Å². The fourth-order valence-corrected chi connectivity index (χ4v) is 5.73. The van der Waals surface area contributed by atoms with Crippen LogP contribution in [0.1, 0.15) is 42.5 Å². The molecule has 3 aromatic rings. The van der Waals surface area contributed by atoms with Crippen molar-refractivity contribution in [2.75, 3.05) is 36.9 Å². The van der Waals surface area contributed by atoms with Gasteiger partial charge in [-0.3, -0.25) is 0 Å². The highest BCUT2D eigenvalue weighted by Crippen LogP contribution is 2.37. The Labute approximate surface area is 198 Å². The Hall–Kier alpha value is -2.87. The molecule has 2 aromatic carbocycles. The van der Waals surface area contributed by atoms with Crippen LogP contribution in [0.4, 0.5) is 24.7 Å². The minimum atomic E-state index is -4.38. The van der Waals surface area contributed by atoms with Crippen LogP contribution < -0.4 is 10.2 Å². The van der Waals surface area contributed by atoms with Crippen LogP contribution in [0.5, 0.6) is 0 Å². The molecule has 34 heavy (non-hydrogen) atoms. The van der Waals surface area contributed by atoms with E-state index in [2.05, 4.69) is 50.6 Å². The number of anilines is 2. The molecule has 5 nitrogen and oxygen atoms in total. The molecule has 2 fully saturated rings. The first-order valence-corrected chi connectivity index (χ1v) is 11.9. The van der Waals surface area contributed by atoms with Gasteiger partial charge in [-0.15, -0.1) is 5.10 Å². The molecule has 0 aliphatic carbocycles. The Kier molecular flexibility index (Phi) is 5.88. The third kappa shape index (κ3) is 4.19. The molecule has 2 aliphatic rings. The van der Waals surface area contributed by atoms with Crippen molar-refractivity contribution >= 4 is 22.3 Å². The molecule has 0 radical (unpaired) electrons. The Bertz CT molecular complexity index is 1190. The smallest absolute Gasteiger partial charge is 0.371 e. The summed E-state index contributed by atoms with van der Waals surface area (Å²) in [5, 5.41) is 13.6. The van der Waals surface area contributed by atoms with Crippen molar-refractivity contribution in [3.8, 4) is 0 Å². The Morgan fingerprint density at radius 2 is 1.94 bits per heavy atom. The Balaban J connectivity index is 1.42. The summed E-state index contributed by atoms with van der Waals surface area (Å²) in [4.78, 5) is 4.93. The van der Waals surface area contributed by atoms with Crippen LogP contribution in [0.2, 0.25) is 0 Å². The van der Waals surface area contributed by atoms with Crippen LogP contribution in [-0.4, -0.2) is 47.8 Å². The zero-order valence-corrected chi connectivity index (χ0v) is 19.7. The number of hydrogen-bond acceptors (Lipinski definition) is 5. The van der Waals surface area contributed by atoms with Crippen molar-refractivity contribution < 1.29 is 13.2 Å². The summed E-state index contributed by atoms with van der Waals surface area (Å²) in [5.74, 6) is 1.27. The van der Waals surface area contributed by atoms with E-state index in [4.69, 9.17) is 0 Å². The normalized spacial score (nSPS) is 22.1. The molecule has 2 unspecified atom stereocenters. The maximum Gasteiger partial charge on any atom is 0.416 e. The van der Waals surface area contributed by atoms with E-state index >= 15 is 0 Å². The van der Waals surface area contributed by atoms with Crippen LogP contribution in [0, 0.1) is 12.8 Å².